The van der Waals surface area contributed by atoms with Crippen LogP contribution in [0.15, 0.2) is 35.1 Å². The number of hydrogen-bond donors (Lipinski definition) is 1. The lowest BCUT2D eigenvalue weighted by atomic mass is 10.2. The van der Waals surface area contributed by atoms with E-state index in [2.05, 4.69) is 31.6 Å². The van der Waals surface area contributed by atoms with Gasteiger partial charge in [0.15, 0.2) is 0 Å². The third-order valence-corrected chi connectivity index (χ3v) is 4.50. The van der Waals surface area contributed by atoms with Crippen molar-refractivity contribution in [3.05, 3.63) is 47.9 Å². The Hall–Kier alpha value is -3.07. The molecule has 1 amide bonds. The van der Waals surface area contributed by atoms with Crippen molar-refractivity contribution in [3.63, 3.8) is 0 Å². The average molecular weight is 367 g/mol. The summed E-state index contributed by atoms with van der Waals surface area (Å²) in [4.78, 5) is 22.4. The molecular weight excluding hydrogens is 346 g/mol. The number of fused-ring (bicyclic) bond motifs is 1. The minimum atomic E-state index is 0.0141. The van der Waals surface area contributed by atoms with Gasteiger partial charge < -0.3 is 14.7 Å². The molecule has 1 N–H and O–H groups in total. The fourth-order valence-electron chi connectivity index (χ4n) is 3.02. The lowest BCUT2D eigenvalue weighted by Crippen LogP contribution is -2.28. The maximum Gasteiger partial charge on any atom is 0.246 e. The van der Waals surface area contributed by atoms with Crippen molar-refractivity contribution in [3.8, 4) is 11.4 Å². The molecule has 0 aromatic carbocycles. The molecule has 0 spiro atoms. The van der Waals surface area contributed by atoms with E-state index in [-0.39, 0.29) is 12.5 Å². The first-order valence-electron chi connectivity index (χ1n) is 8.92. The van der Waals surface area contributed by atoms with Crippen LogP contribution in [0.2, 0.25) is 0 Å². The molecule has 0 radical (unpaired) electrons. The van der Waals surface area contributed by atoms with Crippen LogP contribution < -0.4 is 5.32 Å². The van der Waals surface area contributed by atoms with E-state index >= 15 is 0 Å². The van der Waals surface area contributed by atoms with Gasteiger partial charge in [-0.2, -0.15) is 10.1 Å². The highest BCUT2D eigenvalue weighted by atomic mass is 16.5. The molecule has 0 bridgehead atoms. The zero-order valence-electron chi connectivity index (χ0n) is 15.1. The molecule has 3 aromatic rings. The highest BCUT2D eigenvalue weighted by Gasteiger charge is 2.17. The topological polar surface area (TPSA) is 102 Å². The van der Waals surface area contributed by atoms with Gasteiger partial charge in [-0.1, -0.05) is 5.16 Å². The van der Waals surface area contributed by atoms with Crippen LogP contribution >= 0.6 is 0 Å². The van der Waals surface area contributed by atoms with Gasteiger partial charge in [0.2, 0.25) is 17.6 Å². The molecule has 9 nitrogen and oxygen atoms in total. The van der Waals surface area contributed by atoms with Crippen LogP contribution in [0.4, 0.5) is 0 Å². The van der Waals surface area contributed by atoms with Crippen molar-refractivity contribution in [1.29, 1.82) is 0 Å². The molecule has 27 heavy (non-hydrogen) atoms. The number of carbonyl (C=O) groups excluding carboxylic acids is 1. The molecule has 0 saturated heterocycles. The number of carbonyl (C=O) groups is 1. The molecule has 0 fully saturated rings. The molecule has 0 aliphatic carbocycles. The second-order valence-electron chi connectivity index (χ2n) is 6.53. The van der Waals surface area contributed by atoms with E-state index in [9.17, 15) is 4.79 Å². The number of amides is 1. The molecule has 1 aliphatic heterocycles. The number of rotatable bonds is 6. The molecule has 140 valence electrons. The van der Waals surface area contributed by atoms with Gasteiger partial charge >= 0.3 is 0 Å². The number of aromatic nitrogens is 5. The van der Waals surface area contributed by atoms with Crippen molar-refractivity contribution in [2.24, 2.45) is 0 Å². The lowest BCUT2D eigenvalue weighted by Gasteiger charge is -2.14. The first kappa shape index (κ1) is 17.3. The predicted octanol–water partition coefficient (Wildman–Crippen LogP) is 1.02. The summed E-state index contributed by atoms with van der Waals surface area (Å²) in [5.74, 6) is 0.879. The van der Waals surface area contributed by atoms with E-state index in [4.69, 9.17) is 4.52 Å². The summed E-state index contributed by atoms with van der Waals surface area (Å²) >= 11 is 0. The summed E-state index contributed by atoms with van der Waals surface area (Å²) in [6.07, 6.45) is 4.37. The van der Waals surface area contributed by atoms with Gasteiger partial charge in [0.1, 0.15) is 0 Å². The monoisotopic (exact) mass is 367 g/mol. The summed E-state index contributed by atoms with van der Waals surface area (Å²) in [5, 5.41) is 11.8. The Balaban J connectivity index is 1.31. The molecule has 0 saturated carbocycles. The van der Waals surface area contributed by atoms with Crippen LogP contribution in [0.5, 0.6) is 0 Å². The maximum atomic E-state index is 12.4. The standard InChI is InChI=1S/C18H21N7O2/c1-24(12-16-21-18(23-27-16)13-3-2-6-19-10-13)17(26)5-4-14-9-15-11-20-7-8-25(15)22-14/h2-3,6,9-10,20H,4-5,7-8,11-12H2,1H3. The zero-order chi connectivity index (χ0) is 18.6. The van der Waals surface area contributed by atoms with Gasteiger partial charge in [0.05, 0.1) is 24.5 Å². The van der Waals surface area contributed by atoms with Gasteiger partial charge in [-0.05, 0) is 18.2 Å². The fraction of sp³-hybridized carbons (Fsp3) is 0.389. The summed E-state index contributed by atoms with van der Waals surface area (Å²) in [6, 6.07) is 5.74. The van der Waals surface area contributed by atoms with Crippen LogP contribution in [0.1, 0.15) is 23.7 Å². The van der Waals surface area contributed by atoms with Crippen molar-refractivity contribution >= 4 is 5.91 Å². The second kappa shape index (κ2) is 7.67. The number of hydrogen-bond acceptors (Lipinski definition) is 7. The molecule has 9 heteroatoms. The Morgan fingerprint density at radius 1 is 1.44 bits per heavy atom. The normalized spacial score (nSPS) is 13.4. The molecule has 1 aliphatic rings. The quantitative estimate of drug-likeness (QED) is 0.694. The maximum absolute atomic E-state index is 12.4. The Bertz CT molecular complexity index is 895. The van der Waals surface area contributed by atoms with Crippen LogP contribution in [0.3, 0.4) is 0 Å². The van der Waals surface area contributed by atoms with E-state index in [1.165, 1.54) is 5.69 Å². The second-order valence-corrected chi connectivity index (χ2v) is 6.53. The highest BCUT2D eigenvalue weighted by molar-refractivity contribution is 5.76. The molecule has 0 unspecified atom stereocenters. The van der Waals surface area contributed by atoms with E-state index in [0.29, 0.717) is 24.6 Å². The van der Waals surface area contributed by atoms with Gasteiger partial charge in [-0.3, -0.25) is 14.5 Å². The van der Waals surface area contributed by atoms with Gasteiger partial charge in [-0.25, -0.2) is 0 Å². The summed E-state index contributed by atoms with van der Waals surface area (Å²) in [7, 11) is 1.73. The van der Waals surface area contributed by atoms with E-state index in [1.54, 1.807) is 24.3 Å². The number of aryl methyl sites for hydroxylation is 1. The van der Waals surface area contributed by atoms with Crippen LogP contribution in [0, 0.1) is 0 Å². The first-order valence-corrected chi connectivity index (χ1v) is 8.92. The molecule has 4 rings (SSSR count). The van der Waals surface area contributed by atoms with Gasteiger partial charge in [-0.15, -0.1) is 0 Å². The lowest BCUT2D eigenvalue weighted by molar-refractivity contribution is -0.130. The fourth-order valence-corrected chi connectivity index (χ4v) is 3.02. The Morgan fingerprint density at radius 2 is 2.37 bits per heavy atom. The zero-order valence-corrected chi connectivity index (χ0v) is 15.1. The Morgan fingerprint density at radius 3 is 3.19 bits per heavy atom. The molecule has 0 atom stereocenters. The van der Waals surface area contributed by atoms with Crippen molar-refractivity contribution in [2.75, 3.05) is 13.6 Å². The van der Waals surface area contributed by atoms with Crippen molar-refractivity contribution in [1.82, 2.24) is 35.1 Å². The highest BCUT2D eigenvalue weighted by Crippen LogP contribution is 2.15. The van der Waals surface area contributed by atoms with Crippen LogP contribution in [-0.4, -0.2) is 49.3 Å². The molecule has 3 aromatic heterocycles. The summed E-state index contributed by atoms with van der Waals surface area (Å²) in [6.45, 7) is 2.91. The van der Waals surface area contributed by atoms with Crippen LogP contribution in [0.25, 0.3) is 11.4 Å². The van der Waals surface area contributed by atoms with Gasteiger partial charge in [0.25, 0.3) is 0 Å². The number of pyridine rings is 1. The largest absolute Gasteiger partial charge is 0.337 e. The molecule has 4 heterocycles. The number of nitrogens with one attached hydrogen (secondary N) is 1. The van der Waals surface area contributed by atoms with E-state index < -0.39 is 0 Å². The Kier molecular flexibility index (Phi) is 4.93. The van der Waals surface area contributed by atoms with E-state index in [0.717, 1.165) is 30.9 Å². The van der Waals surface area contributed by atoms with Gasteiger partial charge in [0, 0.05) is 50.9 Å². The summed E-state index contributed by atoms with van der Waals surface area (Å²) in [5.41, 5.74) is 2.90. The third-order valence-electron chi connectivity index (χ3n) is 4.50. The first-order chi connectivity index (χ1) is 13.2. The van der Waals surface area contributed by atoms with E-state index in [1.807, 2.05) is 16.8 Å². The SMILES string of the molecule is CN(Cc1nc(-c2cccnc2)no1)C(=O)CCc1cc2n(n1)CCNC2. The number of nitrogens with zero attached hydrogens (tertiary/aromatic N) is 6. The average Bonchev–Trinajstić information content (AvgIpc) is 3.33. The van der Waals surface area contributed by atoms with Crippen molar-refractivity contribution < 1.29 is 9.32 Å². The Labute approximate surface area is 156 Å². The summed E-state index contributed by atoms with van der Waals surface area (Å²) < 4.78 is 7.26. The minimum absolute atomic E-state index is 0.0141. The van der Waals surface area contributed by atoms with Crippen LogP contribution in [-0.2, 0) is 30.8 Å². The third kappa shape index (κ3) is 4.03. The minimum Gasteiger partial charge on any atom is -0.337 e. The smallest absolute Gasteiger partial charge is 0.246 e. The molecular formula is C18H21N7O2. The predicted molar refractivity (Wildman–Crippen MR) is 96.3 cm³/mol. The van der Waals surface area contributed by atoms with Crippen molar-refractivity contribution in [2.45, 2.75) is 32.5 Å².